The zero-order valence-corrected chi connectivity index (χ0v) is 21.4. The zero-order chi connectivity index (χ0) is 26.3. The molecule has 1 heterocycles. The van der Waals surface area contributed by atoms with Gasteiger partial charge < -0.3 is 26.0 Å². The van der Waals surface area contributed by atoms with Gasteiger partial charge in [0, 0.05) is 32.6 Å². The van der Waals surface area contributed by atoms with E-state index in [9.17, 15) is 14.7 Å². The first-order valence-electron chi connectivity index (χ1n) is 13.2. The molecule has 4 N–H and O–H groups in total. The molecule has 1 aliphatic rings. The van der Waals surface area contributed by atoms with Crippen molar-refractivity contribution < 1.29 is 14.7 Å². The summed E-state index contributed by atoms with van der Waals surface area (Å²) in [5.41, 5.74) is 1.98. The summed E-state index contributed by atoms with van der Waals surface area (Å²) < 4.78 is 0. The highest BCUT2D eigenvalue weighted by Crippen LogP contribution is 2.18. The largest absolute Gasteiger partial charge is 0.394 e. The number of nitrogens with one attached hydrogen (secondary N) is 3. The Labute approximate surface area is 222 Å². The van der Waals surface area contributed by atoms with Crippen LogP contribution >= 0.6 is 0 Å². The third-order valence-corrected chi connectivity index (χ3v) is 7.13. The van der Waals surface area contributed by atoms with E-state index in [2.05, 4.69) is 46.3 Å². The summed E-state index contributed by atoms with van der Waals surface area (Å²) in [7, 11) is 0. The van der Waals surface area contributed by atoms with Gasteiger partial charge in [0.05, 0.1) is 12.6 Å². The lowest BCUT2D eigenvalue weighted by molar-refractivity contribution is -0.124. The highest BCUT2D eigenvalue weighted by Gasteiger charge is 2.26. The lowest BCUT2D eigenvalue weighted by Gasteiger charge is -2.30. The molecular formula is C31H34N4O3. The van der Waals surface area contributed by atoms with Crippen molar-refractivity contribution >= 4 is 33.5 Å². The molecule has 0 saturated carbocycles. The van der Waals surface area contributed by atoms with Gasteiger partial charge in [-0.25, -0.2) is 4.79 Å². The second-order valence-corrected chi connectivity index (χ2v) is 9.90. The van der Waals surface area contributed by atoms with Crippen LogP contribution in [0.1, 0.15) is 11.1 Å². The first kappa shape index (κ1) is 25.7. The number of carbonyl (C=O) groups excluding carboxylic acids is 2. The van der Waals surface area contributed by atoms with E-state index in [-0.39, 0.29) is 18.5 Å². The summed E-state index contributed by atoms with van der Waals surface area (Å²) >= 11 is 0. The van der Waals surface area contributed by atoms with Gasteiger partial charge in [0.25, 0.3) is 0 Å². The number of aliphatic hydroxyl groups is 1. The van der Waals surface area contributed by atoms with Crippen LogP contribution in [0.2, 0.25) is 0 Å². The molecule has 1 saturated heterocycles. The molecule has 3 amide bonds. The van der Waals surface area contributed by atoms with E-state index in [1.165, 1.54) is 0 Å². The van der Waals surface area contributed by atoms with Crippen molar-refractivity contribution in [3.8, 4) is 0 Å². The summed E-state index contributed by atoms with van der Waals surface area (Å²) in [6.07, 6.45) is 0.837. The van der Waals surface area contributed by atoms with Gasteiger partial charge in [-0.05, 0) is 39.1 Å². The van der Waals surface area contributed by atoms with Gasteiger partial charge in [-0.15, -0.1) is 0 Å². The van der Waals surface area contributed by atoms with Crippen molar-refractivity contribution in [2.75, 3.05) is 32.8 Å². The fourth-order valence-electron chi connectivity index (χ4n) is 5.03. The molecule has 5 rings (SSSR count). The molecule has 196 valence electrons. The van der Waals surface area contributed by atoms with Gasteiger partial charge in [0.15, 0.2) is 0 Å². The third-order valence-electron chi connectivity index (χ3n) is 7.13. The maximum atomic E-state index is 13.5. The number of fused-ring (bicyclic) bond motifs is 2. The smallest absolute Gasteiger partial charge is 0.318 e. The lowest BCUT2D eigenvalue weighted by atomic mass is 9.99. The van der Waals surface area contributed by atoms with Gasteiger partial charge >= 0.3 is 6.03 Å². The average molecular weight is 511 g/mol. The maximum absolute atomic E-state index is 13.5. The fraction of sp³-hybridized carbons (Fsp3) is 0.290. The van der Waals surface area contributed by atoms with Crippen LogP contribution in [0.15, 0.2) is 84.9 Å². The van der Waals surface area contributed by atoms with Gasteiger partial charge in [-0.1, -0.05) is 84.9 Å². The number of carbonyl (C=O) groups is 2. The second kappa shape index (κ2) is 12.1. The first-order valence-corrected chi connectivity index (χ1v) is 13.2. The van der Waals surface area contributed by atoms with Gasteiger partial charge in [0.1, 0.15) is 6.04 Å². The molecule has 0 bridgehead atoms. The number of urea groups is 1. The van der Waals surface area contributed by atoms with Gasteiger partial charge in [-0.3, -0.25) is 4.79 Å². The Morgan fingerprint density at radius 1 is 0.763 bits per heavy atom. The molecule has 0 spiro atoms. The zero-order valence-electron chi connectivity index (χ0n) is 21.4. The van der Waals surface area contributed by atoms with E-state index >= 15 is 0 Å². The van der Waals surface area contributed by atoms with E-state index in [0.29, 0.717) is 25.9 Å². The number of nitrogens with zero attached hydrogens (tertiary/aromatic N) is 1. The Bertz CT molecular complexity index is 1420. The standard InChI is InChI=1S/C31H34N4O3/c36-21-28(19-22-9-11-24-5-1-3-7-26(24)17-22)33-30(37)29(34-31(38)35-15-13-32-14-16-35)20-23-10-12-25-6-2-4-8-27(25)18-23/h1-12,17-18,28-29,32,36H,13-16,19-21H2,(H,33,37)(H,34,38). The van der Waals surface area contributed by atoms with Crippen LogP contribution in [0.25, 0.3) is 21.5 Å². The topological polar surface area (TPSA) is 93.7 Å². The first-order chi connectivity index (χ1) is 18.6. The number of hydrogen-bond acceptors (Lipinski definition) is 4. The van der Waals surface area contributed by atoms with Crippen molar-refractivity contribution in [1.29, 1.82) is 0 Å². The number of hydrogen-bond donors (Lipinski definition) is 4. The number of piperazine rings is 1. The normalized spacial score (nSPS) is 15.2. The molecule has 2 atom stereocenters. The van der Waals surface area contributed by atoms with E-state index in [4.69, 9.17) is 0 Å². The van der Waals surface area contributed by atoms with E-state index in [0.717, 1.165) is 45.8 Å². The summed E-state index contributed by atoms with van der Waals surface area (Å²) in [4.78, 5) is 28.3. The third kappa shape index (κ3) is 6.30. The summed E-state index contributed by atoms with van der Waals surface area (Å²) in [5, 5.41) is 23.8. The van der Waals surface area contributed by atoms with Crippen molar-refractivity contribution in [2.24, 2.45) is 0 Å². The van der Waals surface area contributed by atoms with E-state index in [1.807, 2.05) is 54.6 Å². The number of amides is 3. The molecule has 1 fully saturated rings. The van der Waals surface area contributed by atoms with Crippen LogP contribution in [0.4, 0.5) is 4.79 Å². The minimum Gasteiger partial charge on any atom is -0.394 e. The molecule has 7 heteroatoms. The molecule has 38 heavy (non-hydrogen) atoms. The maximum Gasteiger partial charge on any atom is 0.318 e. The fourth-order valence-corrected chi connectivity index (χ4v) is 5.03. The molecular weight excluding hydrogens is 476 g/mol. The van der Waals surface area contributed by atoms with E-state index in [1.54, 1.807) is 4.90 Å². The van der Waals surface area contributed by atoms with Crippen molar-refractivity contribution in [3.05, 3.63) is 96.1 Å². The molecule has 4 aromatic carbocycles. The second-order valence-electron chi connectivity index (χ2n) is 9.90. The molecule has 7 nitrogen and oxygen atoms in total. The molecule has 2 unspecified atom stereocenters. The van der Waals surface area contributed by atoms with Crippen LogP contribution in [0, 0.1) is 0 Å². The number of benzene rings is 4. The Hall–Kier alpha value is -3.94. The average Bonchev–Trinajstić information content (AvgIpc) is 2.96. The Morgan fingerprint density at radius 2 is 1.32 bits per heavy atom. The Morgan fingerprint density at radius 3 is 1.89 bits per heavy atom. The van der Waals surface area contributed by atoms with Crippen molar-refractivity contribution in [2.45, 2.75) is 24.9 Å². The van der Waals surface area contributed by atoms with Gasteiger partial charge in [-0.2, -0.15) is 0 Å². The Kier molecular flexibility index (Phi) is 8.16. The predicted molar refractivity (Wildman–Crippen MR) is 151 cm³/mol. The lowest BCUT2D eigenvalue weighted by Crippen LogP contribution is -2.57. The SMILES string of the molecule is O=C(NC(CO)Cc1ccc2ccccc2c1)C(Cc1ccc2ccccc2c1)NC(=O)N1CCNCC1. The van der Waals surface area contributed by atoms with Crippen molar-refractivity contribution in [3.63, 3.8) is 0 Å². The Balaban J connectivity index is 1.32. The van der Waals surface area contributed by atoms with Crippen LogP contribution in [0.3, 0.4) is 0 Å². The van der Waals surface area contributed by atoms with Crippen LogP contribution in [0.5, 0.6) is 0 Å². The quantitative estimate of drug-likeness (QED) is 0.293. The molecule has 0 aromatic heterocycles. The van der Waals surface area contributed by atoms with E-state index < -0.39 is 12.1 Å². The predicted octanol–water partition coefficient (Wildman–Crippen LogP) is 3.24. The molecule has 4 aromatic rings. The minimum absolute atomic E-state index is 0.201. The van der Waals surface area contributed by atoms with Crippen LogP contribution in [-0.2, 0) is 17.6 Å². The number of aliphatic hydroxyl groups excluding tert-OH is 1. The molecule has 0 radical (unpaired) electrons. The van der Waals surface area contributed by atoms with Gasteiger partial charge in [0.2, 0.25) is 5.91 Å². The van der Waals surface area contributed by atoms with Crippen molar-refractivity contribution in [1.82, 2.24) is 20.9 Å². The number of rotatable bonds is 8. The highest BCUT2D eigenvalue weighted by molar-refractivity contribution is 5.88. The van der Waals surface area contributed by atoms with Crippen LogP contribution < -0.4 is 16.0 Å². The highest BCUT2D eigenvalue weighted by atomic mass is 16.3. The van der Waals surface area contributed by atoms with Crippen LogP contribution in [-0.4, -0.2) is 66.8 Å². The summed E-state index contributed by atoms with van der Waals surface area (Å²) in [5.74, 6) is -0.304. The summed E-state index contributed by atoms with van der Waals surface area (Å²) in [6, 6.07) is 26.9. The molecule has 0 aliphatic carbocycles. The summed E-state index contributed by atoms with van der Waals surface area (Å²) in [6.45, 7) is 2.45. The monoisotopic (exact) mass is 510 g/mol. The molecule has 1 aliphatic heterocycles. The minimum atomic E-state index is -0.774.